The molecule has 0 aromatic heterocycles. The molecule has 2 aromatic rings. The van der Waals surface area contributed by atoms with Crippen LogP contribution in [0.5, 0.6) is 5.75 Å². The Labute approximate surface area is 291 Å². The molecule has 3 heterocycles. The minimum absolute atomic E-state index is 0.0452. The number of benzene rings is 2. The number of allylic oxidation sites excluding steroid dienone is 1. The molecule has 4 aliphatic rings. The topological polar surface area (TPSA) is 97.4 Å². The Hall–Kier alpha value is -2.63. The molecule has 1 saturated heterocycles. The first-order chi connectivity index (χ1) is 23.0. The average molecular weight is 700 g/mol. The fourth-order valence-electron chi connectivity index (χ4n) is 7.38. The molecular weight excluding hydrogens is 650 g/mol. The van der Waals surface area contributed by atoms with Crippen molar-refractivity contribution in [2.75, 3.05) is 45.3 Å². The van der Waals surface area contributed by atoms with Crippen LogP contribution in [0, 0.1) is 23.7 Å². The molecule has 2 bridgehead atoms. The van der Waals surface area contributed by atoms with E-state index in [4.69, 9.17) is 25.8 Å². The molecule has 1 aliphatic carbocycles. The Kier molecular flexibility index (Phi) is 11.1. The highest BCUT2D eigenvalue weighted by atomic mass is 35.5. The van der Waals surface area contributed by atoms with Crippen LogP contribution in [0.4, 0.5) is 5.69 Å². The van der Waals surface area contributed by atoms with Crippen LogP contribution < -0.4 is 14.4 Å². The molecule has 48 heavy (non-hydrogen) atoms. The first-order valence-electron chi connectivity index (χ1n) is 17.4. The molecule has 11 heteroatoms. The van der Waals surface area contributed by atoms with E-state index in [1.807, 2.05) is 39.2 Å². The van der Waals surface area contributed by atoms with Crippen molar-refractivity contribution in [3.63, 3.8) is 0 Å². The smallest absolute Gasteiger partial charge is 0.264 e. The number of anilines is 1. The number of sulfonamides is 1. The summed E-state index contributed by atoms with van der Waals surface area (Å²) in [4.78, 5) is 18.0. The van der Waals surface area contributed by atoms with Crippen molar-refractivity contribution in [3.8, 4) is 5.75 Å². The molecule has 1 saturated carbocycles. The number of carbonyl (C=O) groups excluding carboxylic acids is 1. The molecule has 6 rings (SSSR count). The van der Waals surface area contributed by atoms with Crippen LogP contribution in [0.3, 0.4) is 0 Å². The molecule has 5 atom stereocenters. The first kappa shape index (κ1) is 35.2. The van der Waals surface area contributed by atoms with Crippen molar-refractivity contribution in [3.05, 3.63) is 70.3 Å². The average Bonchev–Trinajstić information content (AvgIpc) is 3.08. The Morgan fingerprint density at radius 2 is 1.79 bits per heavy atom. The summed E-state index contributed by atoms with van der Waals surface area (Å²) in [5.74, 6) is 0.599. The van der Waals surface area contributed by atoms with Crippen molar-refractivity contribution < 1.29 is 27.4 Å². The molecule has 0 unspecified atom stereocenters. The lowest BCUT2D eigenvalue weighted by Crippen LogP contribution is -2.50. The SMILES string of the molecule is C[C@@H]1[C@@H](C)C/C=C/[C@@H]([C@H]2OC[C@@H](N(C)C)CO2)[C@@H]2CC[C@H]2CN2CCCCc3cc(Cl)ccc3COc3ccc(cc32)C(=O)NS1(=O)=O. The molecule has 1 N–H and O–H groups in total. The molecule has 262 valence electrons. The number of nitrogens with one attached hydrogen (secondary N) is 1. The Morgan fingerprint density at radius 1 is 1.00 bits per heavy atom. The van der Waals surface area contributed by atoms with Crippen LogP contribution in [-0.2, 0) is 32.5 Å². The number of carbonyl (C=O) groups is 1. The molecular formula is C37H50ClN3O6S. The Bertz CT molecular complexity index is 1590. The molecule has 1 amide bonds. The Balaban J connectivity index is 1.36. The Morgan fingerprint density at radius 3 is 2.52 bits per heavy atom. The highest BCUT2D eigenvalue weighted by Gasteiger charge is 2.43. The summed E-state index contributed by atoms with van der Waals surface area (Å²) in [5.41, 5.74) is 3.37. The zero-order valence-corrected chi connectivity index (χ0v) is 30.1. The van der Waals surface area contributed by atoms with Gasteiger partial charge in [-0.05, 0) is 119 Å². The van der Waals surface area contributed by atoms with E-state index in [0.29, 0.717) is 54.4 Å². The van der Waals surface area contributed by atoms with Gasteiger partial charge >= 0.3 is 0 Å². The summed E-state index contributed by atoms with van der Waals surface area (Å²) in [6.07, 6.45) is 9.48. The fraction of sp³-hybridized carbons (Fsp3) is 0.595. The number of hydrogen-bond acceptors (Lipinski definition) is 8. The van der Waals surface area contributed by atoms with Gasteiger partial charge in [-0.15, -0.1) is 0 Å². The third-order valence-electron chi connectivity index (χ3n) is 11.0. The van der Waals surface area contributed by atoms with E-state index in [1.165, 1.54) is 5.56 Å². The predicted octanol–water partition coefficient (Wildman–Crippen LogP) is 6.05. The van der Waals surface area contributed by atoms with E-state index in [9.17, 15) is 13.2 Å². The van der Waals surface area contributed by atoms with Crippen LogP contribution in [-0.4, -0.2) is 77.2 Å². The van der Waals surface area contributed by atoms with Gasteiger partial charge < -0.3 is 24.0 Å². The molecule has 0 spiro atoms. The second kappa shape index (κ2) is 15.1. The van der Waals surface area contributed by atoms with Gasteiger partial charge in [0.15, 0.2) is 6.29 Å². The van der Waals surface area contributed by atoms with E-state index in [2.05, 4.69) is 26.7 Å². The number of likely N-dealkylation sites (N-methyl/N-ethyl adjacent to an activating group) is 1. The quantitative estimate of drug-likeness (QED) is 0.379. The number of halogens is 1. The summed E-state index contributed by atoms with van der Waals surface area (Å²) in [6.45, 7) is 6.73. The number of hydrogen-bond donors (Lipinski definition) is 1. The van der Waals surface area contributed by atoms with Crippen molar-refractivity contribution in [2.24, 2.45) is 23.7 Å². The minimum atomic E-state index is -3.94. The lowest BCUT2D eigenvalue weighted by molar-refractivity contribution is -0.230. The number of aryl methyl sites for hydroxylation is 1. The van der Waals surface area contributed by atoms with Crippen LogP contribution in [0.2, 0.25) is 5.02 Å². The van der Waals surface area contributed by atoms with Gasteiger partial charge in [-0.2, -0.15) is 0 Å². The number of ether oxygens (including phenoxy) is 3. The maximum atomic E-state index is 13.5. The van der Waals surface area contributed by atoms with Crippen molar-refractivity contribution in [1.82, 2.24) is 9.62 Å². The lowest BCUT2D eigenvalue weighted by Gasteiger charge is -2.47. The highest BCUT2D eigenvalue weighted by molar-refractivity contribution is 7.90. The van der Waals surface area contributed by atoms with E-state index in [-0.39, 0.29) is 24.2 Å². The zero-order valence-electron chi connectivity index (χ0n) is 28.6. The minimum Gasteiger partial charge on any atom is -0.487 e. The second-order valence-corrected chi connectivity index (χ2v) is 16.8. The zero-order chi connectivity index (χ0) is 34.0. The number of fused-ring (bicyclic) bond motifs is 3. The number of rotatable bonds is 2. The van der Waals surface area contributed by atoms with Gasteiger partial charge in [0.1, 0.15) is 12.4 Å². The summed E-state index contributed by atoms with van der Waals surface area (Å²) < 4.78 is 48.5. The number of nitrogens with zero attached hydrogens (tertiary/aromatic N) is 2. The van der Waals surface area contributed by atoms with Gasteiger partial charge in [0, 0.05) is 29.6 Å². The highest BCUT2D eigenvalue weighted by Crippen LogP contribution is 2.45. The van der Waals surface area contributed by atoms with Crippen LogP contribution >= 0.6 is 11.6 Å². The molecule has 2 fully saturated rings. The van der Waals surface area contributed by atoms with Gasteiger partial charge in [-0.25, -0.2) is 13.1 Å². The van der Waals surface area contributed by atoms with E-state index in [1.54, 1.807) is 25.1 Å². The summed E-state index contributed by atoms with van der Waals surface area (Å²) in [7, 11) is 0.150. The second-order valence-electron chi connectivity index (χ2n) is 14.3. The summed E-state index contributed by atoms with van der Waals surface area (Å²) >= 11 is 6.37. The summed E-state index contributed by atoms with van der Waals surface area (Å²) in [5, 5.41) is -0.0580. The van der Waals surface area contributed by atoms with Gasteiger partial charge in [-0.1, -0.05) is 36.7 Å². The lowest BCUT2D eigenvalue weighted by atomic mass is 9.66. The molecule has 2 aromatic carbocycles. The number of amides is 1. The van der Waals surface area contributed by atoms with Crippen molar-refractivity contribution >= 4 is 33.2 Å². The van der Waals surface area contributed by atoms with Gasteiger partial charge in [-0.3, -0.25) is 4.79 Å². The van der Waals surface area contributed by atoms with Crippen LogP contribution in [0.25, 0.3) is 0 Å². The van der Waals surface area contributed by atoms with Gasteiger partial charge in [0.05, 0.1) is 30.2 Å². The predicted molar refractivity (Wildman–Crippen MR) is 189 cm³/mol. The van der Waals surface area contributed by atoms with E-state index >= 15 is 0 Å². The normalized spacial score (nSPS) is 32.0. The standard InChI is InChI=1S/C37H50ClN3O6S/c1-24-8-7-10-33(37-46-22-31(23-47-37)40(3)4)32-15-12-28(32)20-41-17-6-5-9-26-18-30(38)14-11-29(26)21-45-35-16-13-27(19-34(35)41)36(42)39-48(43,44)25(24)2/h7,10-11,13-14,16,18-19,24-25,28,31-33,37H,5-6,8-9,12,15,17,20-23H2,1-4H3,(H,39,42)/b10-7+/t24-,25+,28-,31-,32+,33+,37+/m0/s1. The fourth-order valence-corrected chi connectivity index (χ4v) is 8.86. The molecule has 3 aliphatic heterocycles. The van der Waals surface area contributed by atoms with Crippen molar-refractivity contribution in [1.29, 1.82) is 0 Å². The molecule has 0 radical (unpaired) electrons. The van der Waals surface area contributed by atoms with E-state index < -0.39 is 21.2 Å². The van der Waals surface area contributed by atoms with E-state index in [0.717, 1.165) is 56.4 Å². The third-order valence-corrected chi connectivity index (χ3v) is 13.2. The van der Waals surface area contributed by atoms with Gasteiger partial charge in [0.2, 0.25) is 10.0 Å². The van der Waals surface area contributed by atoms with Crippen molar-refractivity contribution in [2.45, 2.75) is 76.6 Å². The third kappa shape index (κ3) is 7.88. The largest absolute Gasteiger partial charge is 0.487 e. The first-order valence-corrected chi connectivity index (χ1v) is 19.3. The van der Waals surface area contributed by atoms with Gasteiger partial charge in [0.25, 0.3) is 5.91 Å². The monoisotopic (exact) mass is 699 g/mol. The van der Waals surface area contributed by atoms with Crippen LogP contribution in [0.15, 0.2) is 48.6 Å². The van der Waals surface area contributed by atoms with Crippen LogP contribution in [0.1, 0.15) is 67.4 Å². The maximum Gasteiger partial charge on any atom is 0.264 e. The maximum absolute atomic E-state index is 13.5. The molecule has 9 nitrogen and oxygen atoms in total. The summed E-state index contributed by atoms with van der Waals surface area (Å²) in [6, 6.07) is 11.4.